The summed E-state index contributed by atoms with van der Waals surface area (Å²) in [5.41, 5.74) is -0.467. The number of hydrogen-bond donors (Lipinski definition) is 3. The number of carbonyl (C=O) groups excluding carboxylic acids is 1. The van der Waals surface area contributed by atoms with Gasteiger partial charge >= 0.3 is 6.03 Å². The Hall–Kier alpha value is -0.420. The Kier molecular flexibility index (Phi) is 5.79. The van der Waals surface area contributed by atoms with Crippen LogP contribution in [0.1, 0.15) is 39.5 Å². The van der Waals surface area contributed by atoms with Crippen molar-refractivity contribution in [2.24, 2.45) is 5.41 Å². The molecule has 0 bridgehead atoms. The van der Waals surface area contributed by atoms with Crippen molar-refractivity contribution in [2.75, 3.05) is 25.1 Å². The van der Waals surface area contributed by atoms with Gasteiger partial charge in [0.15, 0.2) is 0 Å². The Morgan fingerprint density at radius 1 is 1.44 bits per heavy atom. The molecule has 0 aromatic rings. The molecule has 0 radical (unpaired) electrons. The van der Waals surface area contributed by atoms with Gasteiger partial charge in [0.2, 0.25) is 0 Å². The van der Waals surface area contributed by atoms with Crippen LogP contribution in [-0.2, 0) is 0 Å². The molecule has 3 N–H and O–H groups in total. The summed E-state index contributed by atoms with van der Waals surface area (Å²) < 4.78 is 0. The van der Waals surface area contributed by atoms with Crippen molar-refractivity contribution >= 4 is 17.8 Å². The van der Waals surface area contributed by atoms with E-state index in [-0.39, 0.29) is 6.03 Å². The summed E-state index contributed by atoms with van der Waals surface area (Å²) in [5.74, 6) is 0.618. The molecular weight excluding hydrogens is 248 g/mol. The highest BCUT2D eigenvalue weighted by molar-refractivity contribution is 7.98. The highest BCUT2D eigenvalue weighted by Gasteiger charge is 2.41. The van der Waals surface area contributed by atoms with Crippen molar-refractivity contribution in [3.8, 4) is 0 Å². The molecule has 1 aliphatic rings. The fourth-order valence-electron chi connectivity index (χ4n) is 2.19. The third kappa shape index (κ3) is 5.48. The second kappa shape index (κ2) is 6.66. The second-order valence-electron chi connectivity index (χ2n) is 5.72. The van der Waals surface area contributed by atoms with E-state index in [0.717, 1.165) is 6.54 Å². The van der Waals surface area contributed by atoms with E-state index in [1.807, 2.05) is 6.26 Å². The highest BCUT2D eigenvalue weighted by atomic mass is 32.2. The third-order valence-electron chi connectivity index (χ3n) is 3.45. The van der Waals surface area contributed by atoms with E-state index in [9.17, 15) is 9.90 Å². The molecule has 0 heterocycles. The van der Waals surface area contributed by atoms with Crippen molar-refractivity contribution < 1.29 is 9.90 Å². The molecule has 4 nitrogen and oxygen atoms in total. The van der Waals surface area contributed by atoms with Gasteiger partial charge in [-0.3, -0.25) is 0 Å². The Morgan fingerprint density at radius 3 is 2.61 bits per heavy atom. The lowest BCUT2D eigenvalue weighted by Crippen LogP contribution is -2.47. The summed E-state index contributed by atoms with van der Waals surface area (Å²) in [6.07, 6.45) is 6.76. The minimum Gasteiger partial charge on any atom is -0.387 e. The summed E-state index contributed by atoms with van der Waals surface area (Å²) in [6.45, 7) is 4.97. The van der Waals surface area contributed by atoms with Crippen LogP contribution >= 0.6 is 11.8 Å². The molecule has 0 aliphatic heterocycles. The van der Waals surface area contributed by atoms with Crippen LogP contribution in [0.5, 0.6) is 0 Å². The molecular formula is C13H26N2O2S. The van der Waals surface area contributed by atoms with E-state index in [4.69, 9.17) is 0 Å². The van der Waals surface area contributed by atoms with Gasteiger partial charge in [0.1, 0.15) is 0 Å². The number of thioether (sulfide) groups is 1. The van der Waals surface area contributed by atoms with Crippen LogP contribution in [0.15, 0.2) is 0 Å². The van der Waals surface area contributed by atoms with E-state index < -0.39 is 5.60 Å². The van der Waals surface area contributed by atoms with Crippen LogP contribution in [-0.4, -0.2) is 41.8 Å². The average molecular weight is 274 g/mol. The fourth-order valence-corrected chi connectivity index (χ4v) is 2.91. The minimum atomic E-state index is -0.836. The monoisotopic (exact) mass is 274 g/mol. The third-order valence-corrected chi connectivity index (χ3v) is 4.36. The van der Waals surface area contributed by atoms with Crippen LogP contribution in [0.25, 0.3) is 0 Å². The van der Waals surface area contributed by atoms with Gasteiger partial charge in [0, 0.05) is 18.8 Å². The number of amides is 2. The number of carbonyl (C=O) groups is 1. The van der Waals surface area contributed by atoms with Gasteiger partial charge in [0.25, 0.3) is 0 Å². The van der Waals surface area contributed by atoms with Gasteiger partial charge < -0.3 is 15.7 Å². The van der Waals surface area contributed by atoms with Crippen molar-refractivity contribution in [2.45, 2.75) is 45.1 Å². The summed E-state index contributed by atoms with van der Waals surface area (Å²) >= 11 is 1.57. The summed E-state index contributed by atoms with van der Waals surface area (Å²) in [6, 6.07) is -0.168. The maximum Gasteiger partial charge on any atom is 0.314 e. The maximum absolute atomic E-state index is 11.6. The number of urea groups is 1. The van der Waals surface area contributed by atoms with E-state index in [1.165, 1.54) is 25.7 Å². The summed E-state index contributed by atoms with van der Waals surface area (Å²) in [5, 5.41) is 15.6. The summed E-state index contributed by atoms with van der Waals surface area (Å²) in [4.78, 5) is 11.6. The SMILES string of the molecule is CCCC1(CNC(=O)NCC(C)(O)CSC)CC1. The van der Waals surface area contributed by atoms with Gasteiger partial charge in [-0.25, -0.2) is 4.79 Å². The van der Waals surface area contributed by atoms with E-state index >= 15 is 0 Å². The maximum atomic E-state index is 11.6. The van der Waals surface area contributed by atoms with E-state index in [1.54, 1.807) is 18.7 Å². The lowest BCUT2D eigenvalue weighted by atomic mass is 10.0. The molecule has 18 heavy (non-hydrogen) atoms. The molecule has 1 unspecified atom stereocenters. The fraction of sp³-hybridized carbons (Fsp3) is 0.923. The molecule has 0 aromatic carbocycles. The van der Waals surface area contributed by atoms with Crippen LogP contribution in [0.3, 0.4) is 0 Å². The van der Waals surface area contributed by atoms with Crippen LogP contribution in [0.2, 0.25) is 0 Å². The van der Waals surface area contributed by atoms with E-state index in [0.29, 0.717) is 17.7 Å². The highest BCUT2D eigenvalue weighted by Crippen LogP contribution is 2.48. The lowest BCUT2D eigenvalue weighted by molar-refractivity contribution is 0.0869. The molecule has 106 valence electrons. The smallest absolute Gasteiger partial charge is 0.314 e. The van der Waals surface area contributed by atoms with Gasteiger partial charge in [-0.15, -0.1) is 0 Å². The number of nitrogens with one attached hydrogen (secondary N) is 2. The Balaban J connectivity index is 2.18. The zero-order valence-electron chi connectivity index (χ0n) is 11.7. The second-order valence-corrected chi connectivity index (χ2v) is 6.58. The lowest BCUT2D eigenvalue weighted by Gasteiger charge is -2.23. The number of rotatable bonds is 8. The molecule has 1 aliphatic carbocycles. The van der Waals surface area contributed by atoms with Crippen molar-refractivity contribution in [3.05, 3.63) is 0 Å². The zero-order valence-corrected chi connectivity index (χ0v) is 12.5. The van der Waals surface area contributed by atoms with Gasteiger partial charge in [-0.1, -0.05) is 13.3 Å². The predicted molar refractivity (Wildman–Crippen MR) is 77.0 cm³/mol. The standard InChI is InChI=1S/C13H26N2O2S/c1-4-5-13(6-7-13)9-15-11(16)14-8-12(2,17)10-18-3/h17H,4-10H2,1-3H3,(H2,14,15,16). The Labute approximate surface area is 114 Å². The molecule has 1 fully saturated rings. The molecule has 1 saturated carbocycles. The molecule has 5 heteroatoms. The first-order chi connectivity index (χ1) is 8.43. The first-order valence-electron chi connectivity index (χ1n) is 6.66. The topological polar surface area (TPSA) is 61.4 Å². The zero-order chi connectivity index (χ0) is 13.6. The predicted octanol–water partition coefficient (Wildman–Crippen LogP) is 1.98. The van der Waals surface area contributed by atoms with E-state index in [2.05, 4.69) is 17.6 Å². The van der Waals surface area contributed by atoms with Crippen LogP contribution < -0.4 is 10.6 Å². The summed E-state index contributed by atoms with van der Waals surface area (Å²) in [7, 11) is 0. The number of hydrogen-bond acceptors (Lipinski definition) is 3. The van der Waals surface area contributed by atoms with Crippen molar-refractivity contribution in [1.29, 1.82) is 0 Å². The van der Waals surface area contributed by atoms with Gasteiger partial charge in [-0.05, 0) is 37.9 Å². The number of aliphatic hydroxyl groups is 1. The van der Waals surface area contributed by atoms with Crippen LogP contribution in [0, 0.1) is 5.41 Å². The van der Waals surface area contributed by atoms with Gasteiger partial charge in [0.05, 0.1) is 5.60 Å². The molecule has 1 atom stereocenters. The molecule has 0 saturated heterocycles. The largest absolute Gasteiger partial charge is 0.387 e. The molecule has 2 amide bonds. The molecule has 0 spiro atoms. The van der Waals surface area contributed by atoms with Gasteiger partial charge in [-0.2, -0.15) is 11.8 Å². The first-order valence-corrected chi connectivity index (χ1v) is 8.05. The first kappa shape index (κ1) is 15.6. The normalized spacial score (nSPS) is 20.0. The molecule has 0 aromatic heterocycles. The van der Waals surface area contributed by atoms with Crippen molar-refractivity contribution in [3.63, 3.8) is 0 Å². The molecule has 1 rings (SSSR count). The Morgan fingerprint density at radius 2 is 2.11 bits per heavy atom. The van der Waals surface area contributed by atoms with Crippen LogP contribution in [0.4, 0.5) is 4.79 Å². The minimum absolute atomic E-state index is 0.168. The van der Waals surface area contributed by atoms with Crippen molar-refractivity contribution in [1.82, 2.24) is 10.6 Å². The Bertz CT molecular complexity index is 264. The average Bonchev–Trinajstić information content (AvgIpc) is 3.05. The quantitative estimate of drug-likeness (QED) is 0.634.